The van der Waals surface area contributed by atoms with E-state index >= 15 is 0 Å². The molecule has 0 spiro atoms. The molecule has 106 valence electrons. The van der Waals surface area contributed by atoms with Gasteiger partial charge in [0.2, 0.25) is 0 Å². The quantitative estimate of drug-likeness (QED) is 0.807. The zero-order valence-electron chi connectivity index (χ0n) is 12.0. The molecule has 1 fully saturated rings. The van der Waals surface area contributed by atoms with Crippen molar-refractivity contribution < 1.29 is 4.39 Å². The van der Waals surface area contributed by atoms with Gasteiger partial charge in [-0.1, -0.05) is 26.7 Å². The van der Waals surface area contributed by atoms with Gasteiger partial charge in [0, 0.05) is 24.0 Å². The summed E-state index contributed by atoms with van der Waals surface area (Å²) < 4.78 is 13.6. The van der Waals surface area contributed by atoms with E-state index in [9.17, 15) is 4.39 Å². The second-order valence-electron chi connectivity index (χ2n) is 6.06. The maximum absolute atomic E-state index is 13.6. The van der Waals surface area contributed by atoms with E-state index in [2.05, 4.69) is 18.7 Å². The van der Waals surface area contributed by atoms with Crippen LogP contribution in [0.1, 0.15) is 46.0 Å². The largest absolute Gasteiger partial charge is 0.399 e. The fraction of sp³-hybridized carbons (Fsp3) is 0.625. The van der Waals surface area contributed by atoms with Gasteiger partial charge in [0.05, 0.1) is 0 Å². The molecule has 0 aromatic heterocycles. The predicted octanol–water partition coefficient (Wildman–Crippen LogP) is 4.20. The third-order valence-corrected chi connectivity index (χ3v) is 3.95. The zero-order valence-corrected chi connectivity index (χ0v) is 12.0. The van der Waals surface area contributed by atoms with Crippen LogP contribution in [0.4, 0.5) is 15.8 Å². The van der Waals surface area contributed by atoms with Crippen molar-refractivity contribution in [3.8, 4) is 0 Å². The van der Waals surface area contributed by atoms with Gasteiger partial charge in [0.1, 0.15) is 5.82 Å². The molecule has 1 aliphatic rings. The number of hydrogen-bond acceptors (Lipinski definition) is 2. The average Bonchev–Trinajstić information content (AvgIpc) is 2.81. The van der Waals surface area contributed by atoms with Crippen LogP contribution in [-0.2, 0) is 0 Å². The van der Waals surface area contributed by atoms with Crippen molar-refractivity contribution >= 4 is 11.4 Å². The minimum Gasteiger partial charge on any atom is -0.399 e. The molecule has 3 heteroatoms. The number of nitrogen functional groups attached to an aromatic ring is 1. The first-order valence-corrected chi connectivity index (χ1v) is 7.39. The molecule has 0 radical (unpaired) electrons. The highest BCUT2D eigenvalue weighted by Crippen LogP contribution is 2.30. The Morgan fingerprint density at radius 1 is 1.26 bits per heavy atom. The first-order chi connectivity index (χ1) is 9.06. The van der Waals surface area contributed by atoms with Gasteiger partial charge < -0.3 is 10.6 Å². The third-order valence-electron chi connectivity index (χ3n) is 3.95. The summed E-state index contributed by atoms with van der Waals surface area (Å²) in [4.78, 5) is 2.37. The van der Waals surface area contributed by atoms with Crippen molar-refractivity contribution in [3.05, 3.63) is 24.0 Å². The number of rotatable bonds is 5. The number of nitrogens with zero attached hydrogens (tertiary/aromatic N) is 1. The van der Waals surface area contributed by atoms with E-state index in [4.69, 9.17) is 5.73 Å². The Morgan fingerprint density at radius 2 is 1.95 bits per heavy atom. The van der Waals surface area contributed by atoms with Gasteiger partial charge in [-0.2, -0.15) is 0 Å². The number of nitrogens with two attached hydrogens (primary N) is 1. The molecule has 0 bridgehead atoms. The van der Waals surface area contributed by atoms with Crippen molar-refractivity contribution in [2.75, 3.05) is 17.2 Å². The Morgan fingerprint density at radius 3 is 2.53 bits per heavy atom. The number of halogens is 1. The molecule has 2 N–H and O–H groups in total. The molecule has 2 rings (SSSR count). The van der Waals surface area contributed by atoms with E-state index < -0.39 is 0 Å². The average molecular weight is 264 g/mol. The highest BCUT2D eigenvalue weighted by molar-refractivity contribution is 5.57. The molecule has 2 nitrogen and oxygen atoms in total. The van der Waals surface area contributed by atoms with Crippen LogP contribution < -0.4 is 10.6 Å². The van der Waals surface area contributed by atoms with Gasteiger partial charge in [-0.25, -0.2) is 4.39 Å². The van der Waals surface area contributed by atoms with Gasteiger partial charge in [0.25, 0.3) is 0 Å². The Balaban J connectivity index is 2.19. The van der Waals surface area contributed by atoms with Crippen LogP contribution in [0.2, 0.25) is 0 Å². The van der Waals surface area contributed by atoms with Gasteiger partial charge >= 0.3 is 0 Å². The van der Waals surface area contributed by atoms with E-state index in [1.807, 2.05) is 6.07 Å². The summed E-state index contributed by atoms with van der Waals surface area (Å²) in [6, 6.07) is 5.47. The first-order valence-electron chi connectivity index (χ1n) is 7.39. The summed E-state index contributed by atoms with van der Waals surface area (Å²) in [6.45, 7) is 5.45. The summed E-state index contributed by atoms with van der Waals surface area (Å²) in [6.07, 6.45) is 6.14. The van der Waals surface area contributed by atoms with Crippen molar-refractivity contribution in [2.45, 2.75) is 52.0 Å². The van der Waals surface area contributed by atoms with Crippen LogP contribution in [-0.4, -0.2) is 12.6 Å². The molecule has 0 aliphatic heterocycles. The zero-order chi connectivity index (χ0) is 13.8. The van der Waals surface area contributed by atoms with E-state index in [1.54, 1.807) is 6.07 Å². The third kappa shape index (κ3) is 3.85. The van der Waals surface area contributed by atoms with E-state index in [1.165, 1.54) is 31.7 Å². The van der Waals surface area contributed by atoms with Crippen LogP contribution in [0.3, 0.4) is 0 Å². The normalized spacial score (nSPS) is 16.2. The molecule has 1 aromatic rings. The van der Waals surface area contributed by atoms with E-state index in [0.29, 0.717) is 17.6 Å². The van der Waals surface area contributed by atoms with Crippen LogP contribution in [0.15, 0.2) is 18.2 Å². The lowest BCUT2D eigenvalue weighted by Gasteiger charge is -2.32. The molecule has 1 aliphatic carbocycles. The number of benzene rings is 1. The van der Waals surface area contributed by atoms with Crippen molar-refractivity contribution in [1.29, 1.82) is 0 Å². The standard InChI is InChI=1S/C16H25FN2/c1-12(2)7-8-19(15-5-3-4-6-15)16-10-13(17)9-14(18)11-16/h9-12,15H,3-8,18H2,1-2H3. The highest BCUT2D eigenvalue weighted by Gasteiger charge is 2.23. The van der Waals surface area contributed by atoms with Crippen LogP contribution in [0.25, 0.3) is 0 Å². The van der Waals surface area contributed by atoms with E-state index in [-0.39, 0.29) is 5.82 Å². The maximum atomic E-state index is 13.6. The molecule has 19 heavy (non-hydrogen) atoms. The van der Waals surface area contributed by atoms with Gasteiger partial charge in [0.15, 0.2) is 0 Å². The fourth-order valence-corrected chi connectivity index (χ4v) is 2.90. The monoisotopic (exact) mass is 264 g/mol. The Kier molecular flexibility index (Phi) is 4.67. The second kappa shape index (κ2) is 6.27. The molecule has 0 saturated heterocycles. The van der Waals surface area contributed by atoms with Crippen LogP contribution in [0, 0.1) is 11.7 Å². The number of anilines is 2. The summed E-state index contributed by atoms with van der Waals surface area (Å²) in [5.74, 6) is 0.428. The summed E-state index contributed by atoms with van der Waals surface area (Å²) >= 11 is 0. The van der Waals surface area contributed by atoms with Gasteiger partial charge in [-0.05, 0) is 43.4 Å². The molecule has 1 saturated carbocycles. The molecule has 0 unspecified atom stereocenters. The molecule has 0 heterocycles. The predicted molar refractivity (Wildman–Crippen MR) is 79.9 cm³/mol. The smallest absolute Gasteiger partial charge is 0.127 e. The SMILES string of the molecule is CC(C)CCN(c1cc(N)cc(F)c1)C1CCCC1. The highest BCUT2D eigenvalue weighted by atomic mass is 19.1. The minimum atomic E-state index is -0.234. The lowest BCUT2D eigenvalue weighted by molar-refractivity contribution is 0.527. The van der Waals surface area contributed by atoms with Crippen molar-refractivity contribution in [3.63, 3.8) is 0 Å². The lowest BCUT2D eigenvalue weighted by atomic mass is 10.1. The molecule has 0 atom stereocenters. The Hall–Kier alpha value is -1.25. The summed E-state index contributed by atoms with van der Waals surface area (Å²) in [5.41, 5.74) is 7.25. The van der Waals surface area contributed by atoms with Crippen molar-refractivity contribution in [1.82, 2.24) is 0 Å². The first kappa shape index (κ1) is 14.2. The topological polar surface area (TPSA) is 29.3 Å². The molecule has 0 amide bonds. The Labute approximate surface area is 115 Å². The van der Waals surface area contributed by atoms with Crippen LogP contribution >= 0.6 is 0 Å². The fourth-order valence-electron chi connectivity index (χ4n) is 2.90. The van der Waals surface area contributed by atoms with Gasteiger partial charge in [-0.3, -0.25) is 0 Å². The minimum absolute atomic E-state index is 0.234. The van der Waals surface area contributed by atoms with E-state index in [0.717, 1.165) is 18.7 Å². The molecular weight excluding hydrogens is 239 g/mol. The number of hydrogen-bond donors (Lipinski definition) is 1. The Bertz CT molecular complexity index is 391. The molecule has 1 aromatic carbocycles. The maximum Gasteiger partial charge on any atom is 0.127 e. The summed E-state index contributed by atoms with van der Waals surface area (Å²) in [5, 5.41) is 0. The molecular formula is C16H25FN2. The van der Waals surface area contributed by atoms with Gasteiger partial charge in [-0.15, -0.1) is 0 Å². The van der Waals surface area contributed by atoms with Crippen LogP contribution in [0.5, 0.6) is 0 Å². The second-order valence-corrected chi connectivity index (χ2v) is 6.06. The summed E-state index contributed by atoms with van der Waals surface area (Å²) in [7, 11) is 0. The lowest BCUT2D eigenvalue weighted by Crippen LogP contribution is -2.34. The van der Waals surface area contributed by atoms with Crippen molar-refractivity contribution in [2.24, 2.45) is 5.92 Å².